The maximum atomic E-state index is 5.56. The molecule has 0 spiro atoms. The van der Waals surface area contributed by atoms with Gasteiger partial charge in [0.1, 0.15) is 5.75 Å². The number of hydrogen-bond acceptors (Lipinski definition) is 4. The lowest BCUT2D eigenvalue weighted by molar-refractivity contribution is 0.473. The van der Waals surface area contributed by atoms with Crippen LogP contribution < -0.4 is 15.0 Å². The molecule has 1 fully saturated rings. The van der Waals surface area contributed by atoms with E-state index in [0.717, 1.165) is 43.2 Å². The van der Waals surface area contributed by atoms with Crippen molar-refractivity contribution in [1.82, 2.24) is 10.3 Å². The largest absolute Gasteiger partial charge is 0.463 e. The van der Waals surface area contributed by atoms with Gasteiger partial charge in [0.25, 0.3) is 0 Å². The van der Waals surface area contributed by atoms with Crippen molar-refractivity contribution in [2.45, 2.75) is 20.3 Å². The highest BCUT2D eigenvalue weighted by Crippen LogP contribution is 2.20. The average molecular weight is 247 g/mol. The van der Waals surface area contributed by atoms with Crippen molar-refractivity contribution in [2.75, 3.05) is 31.1 Å². The van der Waals surface area contributed by atoms with Crippen molar-refractivity contribution in [1.29, 1.82) is 0 Å². The van der Waals surface area contributed by atoms with Gasteiger partial charge >= 0.3 is 0 Å². The Morgan fingerprint density at radius 1 is 1.33 bits per heavy atom. The summed E-state index contributed by atoms with van der Waals surface area (Å²) in [4.78, 5) is 6.60. The summed E-state index contributed by atoms with van der Waals surface area (Å²) in [6, 6.07) is 2.05. The first kappa shape index (κ1) is 12.9. The minimum Gasteiger partial charge on any atom is -0.463 e. The highest BCUT2D eigenvalue weighted by Gasteiger charge is 2.10. The molecule has 0 radical (unpaired) electrons. The van der Waals surface area contributed by atoms with Crippen molar-refractivity contribution >= 4 is 5.69 Å². The second-order valence-electron chi connectivity index (χ2n) is 4.78. The van der Waals surface area contributed by atoms with Gasteiger partial charge in [0.05, 0.1) is 24.3 Å². The molecule has 1 N–H and O–H groups in total. The standard InChI is InChI=1S/C14H21N3O/c1-12(2)11-18-14-8-13(9-16-10-14)17-6-3-4-15-5-7-17/h8-11,15H,3-7H2,1-2H3. The molecule has 0 bridgehead atoms. The van der Waals surface area contributed by atoms with E-state index in [1.807, 2.05) is 20.0 Å². The van der Waals surface area contributed by atoms with Crippen LogP contribution in [-0.2, 0) is 0 Å². The predicted molar refractivity (Wildman–Crippen MR) is 74.0 cm³/mol. The topological polar surface area (TPSA) is 37.4 Å². The van der Waals surface area contributed by atoms with E-state index in [4.69, 9.17) is 4.74 Å². The Morgan fingerprint density at radius 3 is 3.06 bits per heavy atom. The Bertz CT molecular complexity index is 405. The molecule has 4 heteroatoms. The summed E-state index contributed by atoms with van der Waals surface area (Å²) < 4.78 is 5.56. The molecule has 0 saturated carbocycles. The lowest BCUT2D eigenvalue weighted by Gasteiger charge is -2.22. The summed E-state index contributed by atoms with van der Waals surface area (Å²) >= 11 is 0. The lowest BCUT2D eigenvalue weighted by Crippen LogP contribution is -2.27. The number of pyridine rings is 1. The summed E-state index contributed by atoms with van der Waals surface area (Å²) in [5.41, 5.74) is 2.28. The van der Waals surface area contributed by atoms with E-state index < -0.39 is 0 Å². The predicted octanol–water partition coefficient (Wildman–Crippen LogP) is 2.18. The molecule has 0 amide bonds. The summed E-state index contributed by atoms with van der Waals surface area (Å²) in [5.74, 6) is 0.797. The molecule has 1 aliphatic rings. The SMILES string of the molecule is CC(C)=COc1cncc(N2CCCNCC2)c1. The van der Waals surface area contributed by atoms with Crippen molar-refractivity contribution in [2.24, 2.45) is 0 Å². The normalized spacial score (nSPS) is 16.0. The Morgan fingerprint density at radius 2 is 2.22 bits per heavy atom. The molecule has 2 rings (SSSR count). The molecule has 2 heterocycles. The van der Waals surface area contributed by atoms with Crippen molar-refractivity contribution < 1.29 is 4.74 Å². The number of allylic oxidation sites excluding steroid dienone is 1. The third-order valence-electron chi connectivity index (χ3n) is 2.83. The number of nitrogens with one attached hydrogen (secondary N) is 1. The number of rotatable bonds is 3. The van der Waals surface area contributed by atoms with Gasteiger partial charge in [-0.2, -0.15) is 0 Å². The maximum Gasteiger partial charge on any atom is 0.146 e. The van der Waals surface area contributed by atoms with Crippen LogP contribution in [0, 0.1) is 0 Å². The second kappa shape index (κ2) is 6.40. The van der Waals surface area contributed by atoms with Crippen LogP contribution >= 0.6 is 0 Å². The zero-order valence-electron chi connectivity index (χ0n) is 11.1. The number of nitrogens with zero attached hydrogens (tertiary/aromatic N) is 2. The highest BCUT2D eigenvalue weighted by atomic mass is 16.5. The van der Waals surface area contributed by atoms with E-state index in [2.05, 4.69) is 21.3 Å². The van der Waals surface area contributed by atoms with E-state index in [-0.39, 0.29) is 0 Å². The van der Waals surface area contributed by atoms with Crippen LogP contribution in [0.15, 0.2) is 30.3 Å². The molecule has 0 aliphatic carbocycles. The molecule has 1 saturated heterocycles. The third kappa shape index (κ3) is 3.74. The van der Waals surface area contributed by atoms with Gasteiger partial charge in [-0.15, -0.1) is 0 Å². The molecule has 1 aromatic heterocycles. The van der Waals surface area contributed by atoms with Gasteiger partial charge in [-0.25, -0.2) is 0 Å². The summed E-state index contributed by atoms with van der Waals surface area (Å²) in [6.45, 7) is 8.24. The van der Waals surface area contributed by atoms with Gasteiger partial charge in [0, 0.05) is 25.7 Å². The molecule has 1 aromatic rings. The van der Waals surface area contributed by atoms with Crippen LogP contribution in [0.2, 0.25) is 0 Å². The van der Waals surface area contributed by atoms with E-state index in [1.54, 1.807) is 12.5 Å². The number of anilines is 1. The zero-order valence-corrected chi connectivity index (χ0v) is 11.1. The van der Waals surface area contributed by atoms with Crippen molar-refractivity contribution in [3.05, 3.63) is 30.3 Å². The van der Waals surface area contributed by atoms with Gasteiger partial charge in [0.2, 0.25) is 0 Å². The quantitative estimate of drug-likeness (QED) is 0.831. The van der Waals surface area contributed by atoms with Gasteiger partial charge < -0.3 is 15.0 Å². The summed E-state index contributed by atoms with van der Waals surface area (Å²) in [5, 5.41) is 3.40. The fourth-order valence-corrected chi connectivity index (χ4v) is 1.93. The van der Waals surface area contributed by atoms with E-state index in [9.17, 15) is 0 Å². The summed E-state index contributed by atoms with van der Waals surface area (Å²) in [6.07, 6.45) is 6.57. The first-order valence-corrected chi connectivity index (χ1v) is 6.46. The van der Waals surface area contributed by atoms with E-state index in [1.165, 1.54) is 6.42 Å². The molecule has 0 atom stereocenters. The van der Waals surface area contributed by atoms with Gasteiger partial charge in [0.15, 0.2) is 0 Å². The van der Waals surface area contributed by atoms with Gasteiger partial charge in [-0.05, 0) is 32.4 Å². The maximum absolute atomic E-state index is 5.56. The first-order valence-electron chi connectivity index (χ1n) is 6.46. The number of hydrogen-bond donors (Lipinski definition) is 1. The molecule has 0 aromatic carbocycles. The van der Waals surface area contributed by atoms with Crippen LogP contribution in [0.4, 0.5) is 5.69 Å². The van der Waals surface area contributed by atoms with Crippen LogP contribution in [0.5, 0.6) is 5.75 Å². The van der Waals surface area contributed by atoms with Crippen LogP contribution in [0.25, 0.3) is 0 Å². The molecule has 98 valence electrons. The second-order valence-corrected chi connectivity index (χ2v) is 4.78. The molecule has 4 nitrogen and oxygen atoms in total. The molecule has 18 heavy (non-hydrogen) atoms. The molecule has 0 unspecified atom stereocenters. The Hall–Kier alpha value is -1.55. The summed E-state index contributed by atoms with van der Waals surface area (Å²) in [7, 11) is 0. The van der Waals surface area contributed by atoms with Crippen LogP contribution in [-0.4, -0.2) is 31.2 Å². The van der Waals surface area contributed by atoms with Crippen LogP contribution in [0.3, 0.4) is 0 Å². The minimum absolute atomic E-state index is 0.797. The molecular weight excluding hydrogens is 226 g/mol. The van der Waals surface area contributed by atoms with Crippen LogP contribution in [0.1, 0.15) is 20.3 Å². The van der Waals surface area contributed by atoms with Crippen molar-refractivity contribution in [3.63, 3.8) is 0 Å². The Kier molecular flexibility index (Phi) is 4.59. The van der Waals surface area contributed by atoms with E-state index in [0.29, 0.717) is 0 Å². The lowest BCUT2D eigenvalue weighted by atomic mass is 10.3. The highest BCUT2D eigenvalue weighted by molar-refractivity contribution is 5.48. The fourth-order valence-electron chi connectivity index (χ4n) is 1.93. The van der Waals surface area contributed by atoms with Crippen molar-refractivity contribution in [3.8, 4) is 5.75 Å². The first-order chi connectivity index (χ1) is 8.75. The Balaban J connectivity index is 2.08. The van der Waals surface area contributed by atoms with Gasteiger partial charge in [-0.1, -0.05) is 0 Å². The Labute approximate surface area is 109 Å². The fraction of sp³-hybridized carbons (Fsp3) is 0.500. The monoisotopic (exact) mass is 247 g/mol. The zero-order chi connectivity index (χ0) is 12.8. The number of ether oxygens (including phenoxy) is 1. The molecule has 1 aliphatic heterocycles. The number of aromatic nitrogens is 1. The van der Waals surface area contributed by atoms with E-state index >= 15 is 0 Å². The minimum atomic E-state index is 0.797. The molecular formula is C14H21N3O. The van der Waals surface area contributed by atoms with Gasteiger partial charge in [-0.3, -0.25) is 4.98 Å². The third-order valence-corrected chi connectivity index (χ3v) is 2.83. The smallest absolute Gasteiger partial charge is 0.146 e. The average Bonchev–Trinajstić information content (AvgIpc) is 2.65.